The third-order valence-electron chi connectivity index (χ3n) is 2.62. The average molecular weight is 303 g/mol. The maximum absolute atomic E-state index is 13.1. The van der Waals surface area contributed by atoms with Crippen LogP contribution in [0.25, 0.3) is 0 Å². The maximum Gasteiger partial charge on any atom is 0.322 e. The summed E-state index contributed by atoms with van der Waals surface area (Å²) >= 11 is 5.86. The Kier molecular flexibility index (Phi) is 5.76. The van der Waals surface area contributed by atoms with Crippen LogP contribution in [0.3, 0.4) is 0 Å². The van der Waals surface area contributed by atoms with Gasteiger partial charge in [-0.2, -0.15) is 0 Å². The second-order valence-electron chi connectivity index (χ2n) is 4.49. The predicted octanol–water partition coefficient (Wildman–Crippen LogP) is 3.20. The van der Waals surface area contributed by atoms with Crippen molar-refractivity contribution in [1.29, 1.82) is 0 Å². The normalized spacial score (nSPS) is 10.4. The van der Waals surface area contributed by atoms with Gasteiger partial charge in [-0.25, -0.2) is 9.18 Å². The van der Waals surface area contributed by atoms with E-state index in [9.17, 15) is 14.0 Å². The molecule has 2 N–H and O–H groups in total. The van der Waals surface area contributed by atoms with Crippen molar-refractivity contribution in [3.05, 3.63) is 29.0 Å². The number of aliphatic carboxylic acids is 1. The molecular formula is C13H16ClFN2O3. The molecule has 7 heteroatoms. The molecule has 0 saturated heterocycles. The number of carboxylic acids is 1. The Balaban J connectivity index is 2.80. The van der Waals surface area contributed by atoms with Crippen LogP contribution in [0, 0.1) is 5.82 Å². The molecule has 1 rings (SSSR count). The number of urea groups is 1. The third kappa shape index (κ3) is 4.70. The van der Waals surface area contributed by atoms with Crippen molar-refractivity contribution in [2.75, 3.05) is 11.9 Å². The Bertz CT molecular complexity index is 508. The van der Waals surface area contributed by atoms with Crippen LogP contribution in [-0.4, -0.2) is 34.6 Å². The highest BCUT2D eigenvalue weighted by atomic mass is 35.5. The lowest BCUT2D eigenvalue weighted by atomic mass is 10.3. The number of benzene rings is 1. The van der Waals surface area contributed by atoms with Gasteiger partial charge in [0.2, 0.25) is 0 Å². The third-order valence-corrected chi connectivity index (χ3v) is 2.95. The Hall–Kier alpha value is -1.82. The van der Waals surface area contributed by atoms with Gasteiger partial charge in [0.1, 0.15) is 5.82 Å². The lowest BCUT2D eigenvalue weighted by molar-refractivity contribution is -0.137. The van der Waals surface area contributed by atoms with Gasteiger partial charge in [-0.1, -0.05) is 11.6 Å². The number of carboxylic acid groups (broad SMARTS) is 1. The number of nitrogens with zero attached hydrogens (tertiary/aromatic N) is 1. The van der Waals surface area contributed by atoms with Gasteiger partial charge in [0.05, 0.1) is 17.1 Å². The van der Waals surface area contributed by atoms with Crippen molar-refractivity contribution < 1.29 is 19.1 Å². The standard InChI is InChI=1S/C13H16ClFN2O3/c1-8(2)17(6-5-12(18)19)13(20)16-11-7-9(15)3-4-10(11)14/h3-4,7-8H,5-6H2,1-2H3,(H,16,20)(H,18,19). The minimum atomic E-state index is -0.993. The summed E-state index contributed by atoms with van der Waals surface area (Å²) in [4.78, 5) is 24.0. The quantitative estimate of drug-likeness (QED) is 0.877. The molecular weight excluding hydrogens is 287 g/mol. The van der Waals surface area contributed by atoms with E-state index >= 15 is 0 Å². The van der Waals surface area contributed by atoms with Gasteiger partial charge in [-0.05, 0) is 32.0 Å². The molecule has 0 radical (unpaired) electrons. The van der Waals surface area contributed by atoms with Crippen LogP contribution >= 0.6 is 11.6 Å². The van der Waals surface area contributed by atoms with Crippen LogP contribution in [-0.2, 0) is 4.79 Å². The number of nitrogens with one attached hydrogen (secondary N) is 1. The molecule has 20 heavy (non-hydrogen) atoms. The fourth-order valence-electron chi connectivity index (χ4n) is 1.59. The van der Waals surface area contributed by atoms with E-state index in [-0.39, 0.29) is 29.7 Å². The molecule has 0 bridgehead atoms. The highest BCUT2D eigenvalue weighted by Crippen LogP contribution is 2.23. The van der Waals surface area contributed by atoms with Crippen molar-refractivity contribution in [3.63, 3.8) is 0 Å². The number of halogens is 2. The molecule has 0 aliphatic carbocycles. The van der Waals surface area contributed by atoms with Crippen LogP contribution in [0.1, 0.15) is 20.3 Å². The molecule has 0 aliphatic heterocycles. The molecule has 0 spiro atoms. The molecule has 0 aliphatic rings. The number of carbonyl (C=O) groups excluding carboxylic acids is 1. The average Bonchev–Trinajstić information content (AvgIpc) is 2.33. The number of hydrogen-bond acceptors (Lipinski definition) is 2. The van der Waals surface area contributed by atoms with Gasteiger partial charge < -0.3 is 15.3 Å². The summed E-state index contributed by atoms with van der Waals surface area (Å²) in [7, 11) is 0. The monoisotopic (exact) mass is 302 g/mol. The van der Waals surface area contributed by atoms with Crippen LogP contribution in [0.4, 0.5) is 14.9 Å². The molecule has 0 fully saturated rings. The zero-order valence-corrected chi connectivity index (χ0v) is 11.9. The van der Waals surface area contributed by atoms with E-state index in [0.29, 0.717) is 0 Å². The van der Waals surface area contributed by atoms with E-state index in [0.717, 1.165) is 6.07 Å². The molecule has 2 amide bonds. The van der Waals surface area contributed by atoms with E-state index in [1.165, 1.54) is 17.0 Å². The highest BCUT2D eigenvalue weighted by molar-refractivity contribution is 6.33. The summed E-state index contributed by atoms with van der Waals surface area (Å²) in [5.41, 5.74) is 0.151. The van der Waals surface area contributed by atoms with Gasteiger partial charge in [0.15, 0.2) is 0 Å². The first kappa shape index (κ1) is 16.2. The molecule has 0 unspecified atom stereocenters. The summed E-state index contributed by atoms with van der Waals surface area (Å²) in [6.07, 6.45) is -0.164. The van der Waals surface area contributed by atoms with Crippen LogP contribution in [0.15, 0.2) is 18.2 Å². The van der Waals surface area contributed by atoms with E-state index in [2.05, 4.69) is 5.32 Å². The summed E-state index contributed by atoms with van der Waals surface area (Å²) in [5.74, 6) is -1.52. The second-order valence-corrected chi connectivity index (χ2v) is 4.89. The number of carbonyl (C=O) groups is 2. The maximum atomic E-state index is 13.1. The number of hydrogen-bond donors (Lipinski definition) is 2. The Morgan fingerprint density at radius 1 is 1.45 bits per heavy atom. The first-order valence-electron chi connectivity index (χ1n) is 6.05. The Labute approximate surface area is 121 Å². The lowest BCUT2D eigenvalue weighted by Crippen LogP contribution is -2.41. The minimum absolute atomic E-state index is 0.0613. The smallest absolute Gasteiger partial charge is 0.322 e. The van der Waals surface area contributed by atoms with Crippen LogP contribution in [0.5, 0.6) is 0 Å². The van der Waals surface area contributed by atoms with Crippen molar-refractivity contribution >= 4 is 29.3 Å². The highest BCUT2D eigenvalue weighted by Gasteiger charge is 2.19. The Morgan fingerprint density at radius 2 is 2.10 bits per heavy atom. The molecule has 0 saturated carbocycles. The summed E-state index contributed by atoms with van der Waals surface area (Å²) in [5, 5.41) is 11.4. The number of anilines is 1. The summed E-state index contributed by atoms with van der Waals surface area (Å²) in [6.45, 7) is 3.58. The van der Waals surface area contributed by atoms with Crippen molar-refractivity contribution in [1.82, 2.24) is 4.90 Å². The minimum Gasteiger partial charge on any atom is -0.481 e. The van der Waals surface area contributed by atoms with Gasteiger partial charge >= 0.3 is 12.0 Å². The van der Waals surface area contributed by atoms with Crippen LogP contribution < -0.4 is 5.32 Å². The first-order chi connectivity index (χ1) is 9.31. The van der Waals surface area contributed by atoms with E-state index in [1.807, 2.05) is 0 Å². The second kappa shape index (κ2) is 7.09. The molecule has 0 atom stereocenters. The van der Waals surface area contributed by atoms with Gasteiger partial charge in [0.25, 0.3) is 0 Å². The Morgan fingerprint density at radius 3 is 2.65 bits per heavy atom. The molecule has 5 nitrogen and oxygen atoms in total. The zero-order valence-electron chi connectivity index (χ0n) is 11.2. The van der Waals surface area contributed by atoms with Crippen molar-refractivity contribution in [2.45, 2.75) is 26.3 Å². The predicted molar refractivity (Wildman–Crippen MR) is 74.5 cm³/mol. The lowest BCUT2D eigenvalue weighted by Gasteiger charge is -2.26. The summed E-state index contributed by atoms with van der Waals surface area (Å²) < 4.78 is 13.1. The van der Waals surface area contributed by atoms with Crippen molar-refractivity contribution in [2.24, 2.45) is 0 Å². The molecule has 0 heterocycles. The molecule has 110 valence electrons. The molecule has 0 aromatic heterocycles. The van der Waals surface area contributed by atoms with Crippen LogP contribution in [0.2, 0.25) is 5.02 Å². The zero-order chi connectivity index (χ0) is 15.3. The fraction of sp³-hybridized carbons (Fsp3) is 0.385. The van der Waals surface area contributed by atoms with E-state index < -0.39 is 17.8 Å². The summed E-state index contributed by atoms with van der Waals surface area (Å²) in [6, 6.07) is 2.91. The fourth-order valence-corrected chi connectivity index (χ4v) is 1.76. The number of amides is 2. The SMILES string of the molecule is CC(C)N(CCC(=O)O)C(=O)Nc1cc(F)ccc1Cl. The first-order valence-corrected chi connectivity index (χ1v) is 6.43. The van der Waals surface area contributed by atoms with Gasteiger partial charge in [-0.3, -0.25) is 4.79 Å². The van der Waals surface area contributed by atoms with E-state index in [1.54, 1.807) is 13.8 Å². The number of rotatable bonds is 5. The largest absolute Gasteiger partial charge is 0.481 e. The van der Waals surface area contributed by atoms with Crippen molar-refractivity contribution in [3.8, 4) is 0 Å². The molecule has 1 aromatic rings. The van der Waals surface area contributed by atoms with Gasteiger partial charge in [0, 0.05) is 12.6 Å². The van der Waals surface area contributed by atoms with Gasteiger partial charge in [-0.15, -0.1) is 0 Å². The van der Waals surface area contributed by atoms with E-state index in [4.69, 9.17) is 16.7 Å². The topological polar surface area (TPSA) is 69.6 Å². The molecule has 1 aromatic carbocycles.